The van der Waals surface area contributed by atoms with Crippen LogP contribution in [0.5, 0.6) is 0 Å². The van der Waals surface area contributed by atoms with Crippen LogP contribution in [0.15, 0.2) is 16.8 Å². The average molecular weight is 260 g/mol. The monoisotopic (exact) mass is 260 g/mol. The topological polar surface area (TPSA) is 87.1 Å². The third kappa shape index (κ3) is 2.13. The second-order valence-corrected chi connectivity index (χ2v) is 5.06. The number of nitrogens with zero attached hydrogens (tertiary/aromatic N) is 3. The van der Waals surface area contributed by atoms with Gasteiger partial charge in [0.05, 0.1) is 6.61 Å². The van der Waals surface area contributed by atoms with E-state index in [0.29, 0.717) is 31.3 Å². The van der Waals surface area contributed by atoms with E-state index >= 15 is 0 Å². The van der Waals surface area contributed by atoms with E-state index in [1.165, 1.54) is 0 Å². The van der Waals surface area contributed by atoms with Crippen molar-refractivity contribution in [3.05, 3.63) is 29.3 Å². The molecular formula is C13H16N4O2. The predicted octanol–water partition coefficient (Wildman–Crippen LogP) is 1.32. The molecule has 6 heteroatoms. The van der Waals surface area contributed by atoms with Crippen molar-refractivity contribution in [2.24, 2.45) is 5.73 Å². The Morgan fingerprint density at radius 3 is 2.89 bits per heavy atom. The van der Waals surface area contributed by atoms with E-state index in [1.807, 2.05) is 19.9 Å². The molecule has 0 amide bonds. The van der Waals surface area contributed by atoms with Crippen LogP contribution in [0.3, 0.4) is 0 Å². The quantitative estimate of drug-likeness (QED) is 0.876. The highest BCUT2D eigenvalue weighted by Gasteiger charge is 2.38. The van der Waals surface area contributed by atoms with Gasteiger partial charge in [-0.3, -0.25) is 4.98 Å². The third-order valence-electron chi connectivity index (χ3n) is 3.33. The van der Waals surface area contributed by atoms with Crippen LogP contribution in [0.1, 0.15) is 23.4 Å². The van der Waals surface area contributed by atoms with E-state index in [4.69, 9.17) is 15.0 Å². The molecule has 6 nitrogen and oxygen atoms in total. The number of hydrogen-bond donors (Lipinski definition) is 1. The largest absolute Gasteiger partial charge is 0.379 e. The lowest BCUT2D eigenvalue weighted by Gasteiger charge is -2.14. The van der Waals surface area contributed by atoms with Crippen LogP contribution in [0.4, 0.5) is 0 Å². The molecule has 0 aromatic carbocycles. The second-order valence-electron chi connectivity index (χ2n) is 5.06. The van der Waals surface area contributed by atoms with Gasteiger partial charge in [0.15, 0.2) is 0 Å². The van der Waals surface area contributed by atoms with Crippen molar-refractivity contribution in [3.8, 4) is 11.5 Å². The molecule has 1 fully saturated rings. The first-order chi connectivity index (χ1) is 9.08. The number of ether oxygens (including phenoxy) is 1. The molecule has 100 valence electrons. The Balaban J connectivity index is 1.97. The summed E-state index contributed by atoms with van der Waals surface area (Å²) >= 11 is 0. The standard InChI is InChI=1S/C13H16N4O2/c1-8-5-9(2)10(15-6-8)11-16-12(19-17-11)13(14)3-4-18-7-13/h5-6H,3-4,7,14H2,1-2H3. The minimum Gasteiger partial charge on any atom is -0.379 e. The maximum atomic E-state index is 6.19. The molecule has 2 N–H and O–H groups in total. The summed E-state index contributed by atoms with van der Waals surface area (Å²) in [5.74, 6) is 0.894. The molecule has 0 radical (unpaired) electrons. The molecule has 19 heavy (non-hydrogen) atoms. The van der Waals surface area contributed by atoms with Crippen molar-refractivity contribution in [3.63, 3.8) is 0 Å². The van der Waals surface area contributed by atoms with Crippen molar-refractivity contribution >= 4 is 0 Å². The molecule has 0 saturated carbocycles. The highest BCUT2D eigenvalue weighted by molar-refractivity contribution is 5.54. The van der Waals surface area contributed by atoms with Crippen LogP contribution in [0.2, 0.25) is 0 Å². The fourth-order valence-electron chi connectivity index (χ4n) is 2.22. The van der Waals surface area contributed by atoms with Crippen molar-refractivity contribution in [1.29, 1.82) is 0 Å². The van der Waals surface area contributed by atoms with Gasteiger partial charge in [-0.2, -0.15) is 4.98 Å². The number of hydrogen-bond acceptors (Lipinski definition) is 6. The predicted molar refractivity (Wildman–Crippen MR) is 68.3 cm³/mol. The van der Waals surface area contributed by atoms with Gasteiger partial charge < -0.3 is 15.0 Å². The summed E-state index contributed by atoms with van der Waals surface area (Å²) in [5, 5.41) is 3.98. The number of aryl methyl sites for hydroxylation is 2. The Morgan fingerprint density at radius 2 is 2.21 bits per heavy atom. The Bertz CT molecular complexity index is 602. The summed E-state index contributed by atoms with van der Waals surface area (Å²) in [4.78, 5) is 8.73. The third-order valence-corrected chi connectivity index (χ3v) is 3.33. The molecule has 3 rings (SSSR count). The lowest BCUT2D eigenvalue weighted by molar-refractivity contribution is 0.166. The van der Waals surface area contributed by atoms with Gasteiger partial charge in [0.2, 0.25) is 11.7 Å². The van der Waals surface area contributed by atoms with E-state index in [-0.39, 0.29) is 0 Å². The summed E-state index contributed by atoms with van der Waals surface area (Å²) < 4.78 is 10.6. The molecular weight excluding hydrogens is 244 g/mol. The lowest BCUT2D eigenvalue weighted by Crippen LogP contribution is -2.37. The van der Waals surface area contributed by atoms with Crippen molar-refractivity contribution in [2.45, 2.75) is 25.8 Å². The summed E-state index contributed by atoms with van der Waals surface area (Å²) in [6.45, 7) is 5.00. The Hall–Kier alpha value is -1.79. The first-order valence-electron chi connectivity index (χ1n) is 6.23. The van der Waals surface area contributed by atoms with Crippen molar-refractivity contribution < 1.29 is 9.26 Å². The summed E-state index contributed by atoms with van der Waals surface area (Å²) in [5.41, 5.74) is 8.37. The summed E-state index contributed by atoms with van der Waals surface area (Å²) in [6, 6.07) is 2.04. The number of aromatic nitrogens is 3. The van der Waals surface area contributed by atoms with E-state index < -0.39 is 5.54 Å². The average Bonchev–Trinajstić information content (AvgIpc) is 2.99. The normalized spacial score (nSPS) is 22.9. The number of rotatable bonds is 2. The molecule has 0 aliphatic carbocycles. The van der Waals surface area contributed by atoms with Crippen LogP contribution in [-0.4, -0.2) is 28.3 Å². The Labute approximate surface area is 111 Å². The van der Waals surface area contributed by atoms with Gasteiger partial charge in [0.1, 0.15) is 11.2 Å². The number of nitrogens with two attached hydrogens (primary N) is 1. The fourth-order valence-corrected chi connectivity index (χ4v) is 2.22. The Morgan fingerprint density at radius 1 is 1.37 bits per heavy atom. The van der Waals surface area contributed by atoms with Gasteiger partial charge in [-0.1, -0.05) is 11.2 Å². The first kappa shape index (κ1) is 12.3. The minimum atomic E-state index is -0.663. The summed E-state index contributed by atoms with van der Waals surface area (Å²) in [6.07, 6.45) is 2.48. The van der Waals surface area contributed by atoms with Crippen LogP contribution in [-0.2, 0) is 10.3 Å². The van der Waals surface area contributed by atoms with Crippen LogP contribution < -0.4 is 5.73 Å². The van der Waals surface area contributed by atoms with Gasteiger partial charge in [-0.25, -0.2) is 0 Å². The smallest absolute Gasteiger partial charge is 0.249 e. The van der Waals surface area contributed by atoms with Crippen LogP contribution in [0.25, 0.3) is 11.5 Å². The lowest BCUT2D eigenvalue weighted by atomic mass is 10.0. The molecule has 3 heterocycles. The van der Waals surface area contributed by atoms with E-state index in [2.05, 4.69) is 15.1 Å². The first-order valence-corrected chi connectivity index (χ1v) is 6.23. The molecule has 1 saturated heterocycles. The number of pyridine rings is 1. The highest BCUT2D eigenvalue weighted by atomic mass is 16.5. The highest BCUT2D eigenvalue weighted by Crippen LogP contribution is 2.28. The maximum Gasteiger partial charge on any atom is 0.249 e. The molecule has 1 unspecified atom stereocenters. The van der Waals surface area contributed by atoms with Crippen molar-refractivity contribution in [2.75, 3.05) is 13.2 Å². The molecule has 0 bridgehead atoms. The molecule has 0 spiro atoms. The van der Waals surface area contributed by atoms with Crippen molar-refractivity contribution in [1.82, 2.24) is 15.1 Å². The Kier molecular flexibility index (Phi) is 2.83. The van der Waals surface area contributed by atoms with E-state index in [9.17, 15) is 0 Å². The fraction of sp³-hybridized carbons (Fsp3) is 0.462. The van der Waals surface area contributed by atoms with Gasteiger partial charge in [-0.15, -0.1) is 0 Å². The second kappa shape index (κ2) is 4.40. The minimum absolute atomic E-state index is 0.412. The van der Waals surface area contributed by atoms with Crippen LogP contribution in [0, 0.1) is 13.8 Å². The zero-order chi connectivity index (χ0) is 13.5. The van der Waals surface area contributed by atoms with E-state index in [0.717, 1.165) is 16.8 Å². The zero-order valence-electron chi connectivity index (χ0n) is 11.0. The summed E-state index contributed by atoms with van der Waals surface area (Å²) in [7, 11) is 0. The molecule has 2 aromatic rings. The van der Waals surface area contributed by atoms with Gasteiger partial charge in [0.25, 0.3) is 0 Å². The molecule has 1 aliphatic rings. The van der Waals surface area contributed by atoms with Gasteiger partial charge >= 0.3 is 0 Å². The SMILES string of the molecule is Cc1cnc(-c2noc(C3(N)CCOC3)n2)c(C)c1. The zero-order valence-corrected chi connectivity index (χ0v) is 11.0. The van der Waals surface area contributed by atoms with Gasteiger partial charge in [0, 0.05) is 12.8 Å². The molecule has 1 aliphatic heterocycles. The van der Waals surface area contributed by atoms with E-state index in [1.54, 1.807) is 6.20 Å². The van der Waals surface area contributed by atoms with Gasteiger partial charge in [-0.05, 0) is 31.4 Å². The molecule has 1 atom stereocenters. The van der Waals surface area contributed by atoms with Crippen LogP contribution >= 0.6 is 0 Å². The molecule has 2 aromatic heterocycles. The maximum absolute atomic E-state index is 6.19.